The Labute approximate surface area is 118 Å². The molecular formula is C17H18O3. The summed E-state index contributed by atoms with van der Waals surface area (Å²) in [5.41, 5.74) is 0.785. The second-order valence-electron chi connectivity index (χ2n) is 4.67. The molecule has 0 aliphatic carbocycles. The fraction of sp³-hybridized carbons (Fsp3) is 0.235. The van der Waals surface area contributed by atoms with Gasteiger partial charge in [-0.2, -0.15) is 0 Å². The highest BCUT2D eigenvalue weighted by Crippen LogP contribution is 2.27. The molecule has 0 aliphatic rings. The van der Waals surface area contributed by atoms with Gasteiger partial charge in [0.1, 0.15) is 11.5 Å². The first-order chi connectivity index (χ1) is 9.70. The minimum atomic E-state index is -0.788. The lowest BCUT2D eigenvalue weighted by molar-refractivity contribution is -0.139. The SMILES string of the molecule is CCCC(C(=O)O)c1cccc(Oc2ccccc2)c1. The van der Waals surface area contributed by atoms with E-state index in [-0.39, 0.29) is 0 Å². The molecule has 3 heteroatoms. The summed E-state index contributed by atoms with van der Waals surface area (Å²) in [6, 6.07) is 16.8. The number of carboxylic acids is 1. The van der Waals surface area contributed by atoms with Crippen molar-refractivity contribution in [3.63, 3.8) is 0 Å². The number of hydrogen-bond donors (Lipinski definition) is 1. The summed E-state index contributed by atoms with van der Waals surface area (Å²) in [5.74, 6) is 0.145. The molecule has 0 saturated carbocycles. The van der Waals surface area contributed by atoms with Crippen LogP contribution in [0.2, 0.25) is 0 Å². The van der Waals surface area contributed by atoms with E-state index in [1.807, 2.05) is 55.5 Å². The summed E-state index contributed by atoms with van der Waals surface area (Å²) >= 11 is 0. The minimum absolute atomic E-state index is 0.473. The fourth-order valence-electron chi connectivity index (χ4n) is 2.14. The third kappa shape index (κ3) is 3.60. The van der Waals surface area contributed by atoms with E-state index in [0.717, 1.165) is 17.7 Å². The number of carboxylic acid groups (broad SMARTS) is 1. The van der Waals surface area contributed by atoms with Crippen LogP contribution in [-0.2, 0) is 4.79 Å². The maximum absolute atomic E-state index is 11.3. The standard InChI is InChI=1S/C17H18O3/c1-2-7-16(17(18)19)13-8-6-11-15(12-13)20-14-9-4-3-5-10-14/h3-6,8-12,16H,2,7H2,1H3,(H,18,19). The molecule has 0 fully saturated rings. The smallest absolute Gasteiger partial charge is 0.310 e. The van der Waals surface area contributed by atoms with Crippen LogP contribution < -0.4 is 4.74 Å². The van der Waals surface area contributed by atoms with E-state index in [1.54, 1.807) is 6.07 Å². The van der Waals surface area contributed by atoms with Crippen LogP contribution in [0.3, 0.4) is 0 Å². The second-order valence-corrected chi connectivity index (χ2v) is 4.67. The van der Waals surface area contributed by atoms with Gasteiger partial charge in [0.2, 0.25) is 0 Å². The first-order valence-corrected chi connectivity index (χ1v) is 6.76. The van der Waals surface area contributed by atoms with Crippen molar-refractivity contribution in [2.24, 2.45) is 0 Å². The molecule has 2 rings (SSSR count). The highest BCUT2D eigenvalue weighted by molar-refractivity contribution is 5.76. The molecule has 1 unspecified atom stereocenters. The Balaban J connectivity index is 2.21. The molecule has 0 saturated heterocycles. The van der Waals surface area contributed by atoms with Gasteiger partial charge < -0.3 is 9.84 Å². The summed E-state index contributed by atoms with van der Waals surface area (Å²) in [6.07, 6.45) is 1.46. The highest BCUT2D eigenvalue weighted by Gasteiger charge is 2.19. The number of benzene rings is 2. The summed E-state index contributed by atoms with van der Waals surface area (Å²) in [7, 11) is 0. The second kappa shape index (κ2) is 6.75. The van der Waals surface area contributed by atoms with Gasteiger partial charge in [0.15, 0.2) is 0 Å². The molecular weight excluding hydrogens is 252 g/mol. The van der Waals surface area contributed by atoms with Gasteiger partial charge in [-0.05, 0) is 36.2 Å². The van der Waals surface area contributed by atoms with E-state index >= 15 is 0 Å². The maximum atomic E-state index is 11.3. The van der Waals surface area contributed by atoms with E-state index < -0.39 is 11.9 Å². The van der Waals surface area contributed by atoms with E-state index in [1.165, 1.54) is 0 Å². The van der Waals surface area contributed by atoms with Crippen molar-refractivity contribution in [3.8, 4) is 11.5 Å². The Kier molecular flexibility index (Phi) is 4.77. The molecule has 2 aromatic rings. The summed E-state index contributed by atoms with van der Waals surface area (Å²) in [4.78, 5) is 11.3. The molecule has 3 nitrogen and oxygen atoms in total. The van der Waals surface area contributed by atoms with E-state index in [9.17, 15) is 9.90 Å². The monoisotopic (exact) mass is 270 g/mol. The maximum Gasteiger partial charge on any atom is 0.310 e. The third-order valence-electron chi connectivity index (χ3n) is 3.11. The van der Waals surface area contributed by atoms with Gasteiger partial charge in [0.05, 0.1) is 5.92 Å². The molecule has 0 heterocycles. The van der Waals surface area contributed by atoms with Crippen LogP contribution in [0.25, 0.3) is 0 Å². The number of aliphatic carboxylic acids is 1. The van der Waals surface area contributed by atoms with Gasteiger partial charge in [0.25, 0.3) is 0 Å². The highest BCUT2D eigenvalue weighted by atomic mass is 16.5. The van der Waals surface area contributed by atoms with Gasteiger partial charge in [-0.3, -0.25) is 4.79 Å². The van der Waals surface area contributed by atoms with Crippen LogP contribution in [0.5, 0.6) is 11.5 Å². The molecule has 1 atom stereocenters. The van der Waals surface area contributed by atoms with E-state index in [0.29, 0.717) is 12.2 Å². The molecule has 104 valence electrons. The Morgan fingerprint density at radius 2 is 1.80 bits per heavy atom. The van der Waals surface area contributed by atoms with Crippen molar-refractivity contribution in [3.05, 3.63) is 60.2 Å². The van der Waals surface area contributed by atoms with Crippen LogP contribution in [0.15, 0.2) is 54.6 Å². The van der Waals surface area contributed by atoms with E-state index in [4.69, 9.17) is 4.74 Å². The van der Waals surface area contributed by atoms with Crippen LogP contribution in [0.1, 0.15) is 31.2 Å². The summed E-state index contributed by atoms with van der Waals surface area (Å²) in [5, 5.41) is 9.30. The Bertz CT molecular complexity index is 563. The number of carbonyl (C=O) groups is 1. The number of para-hydroxylation sites is 1. The van der Waals surface area contributed by atoms with Gasteiger partial charge in [-0.1, -0.05) is 43.7 Å². The first kappa shape index (κ1) is 14.1. The number of hydrogen-bond acceptors (Lipinski definition) is 2. The number of rotatable bonds is 6. The normalized spacial score (nSPS) is 11.8. The third-order valence-corrected chi connectivity index (χ3v) is 3.11. The van der Waals surface area contributed by atoms with Crippen LogP contribution >= 0.6 is 0 Å². The lowest BCUT2D eigenvalue weighted by Gasteiger charge is -2.13. The predicted molar refractivity (Wildman–Crippen MR) is 78.2 cm³/mol. The van der Waals surface area contributed by atoms with Crippen molar-refractivity contribution < 1.29 is 14.6 Å². The van der Waals surface area contributed by atoms with Gasteiger partial charge >= 0.3 is 5.97 Å². The fourth-order valence-corrected chi connectivity index (χ4v) is 2.14. The topological polar surface area (TPSA) is 46.5 Å². The van der Waals surface area contributed by atoms with Gasteiger partial charge in [-0.15, -0.1) is 0 Å². The van der Waals surface area contributed by atoms with Crippen molar-refractivity contribution in [1.82, 2.24) is 0 Å². The summed E-state index contributed by atoms with van der Waals surface area (Å²) in [6.45, 7) is 1.99. The van der Waals surface area contributed by atoms with Gasteiger partial charge in [0, 0.05) is 0 Å². The average Bonchev–Trinajstić information content (AvgIpc) is 2.46. The molecule has 0 aliphatic heterocycles. The molecule has 0 aromatic heterocycles. The van der Waals surface area contributed by atoms with Gasteiger partial charge in [-0.25, -0.2) is 0 Å². The zero-order valence-electron chi connectivity index (χ0n) is 11.5. The Hall–Kier alpha value is -2.29. The van der Waals surface area contributed by atoms with E-state index in [2.05, 4.69) is 0 Å². The van der Waals surface area contributed by atoms with Crippen LogP contribution in [-0.4, -0.2) is 11.1 Å². The minimum Gasteiger partial charge on any atom is -0.481 e. The van der Waals surface area contributed by atoms with Crippen molar-refractivity contribution in [2.75, 3.05) is 0 Å². The predicted octanol–water partition coefficient (Wildman–Crippen LogP) is 4.45. The zero-order chi connectivity index (χ0) is 14.4. The Morgan fingerprint density at radius 1 is 1.10 bits per heavy atom. The lowest BCUT2D eigenvalue weighted by atomic mass is 9.94. The molecule has 0 spiro atoms. The molecule has 20 heavy (non-hydrogen) atoms. The molecule has 2 aromatic carbocycles. The molecule has 0 amide bonds. The molecule has 0 bridgehead atoms. The lowest BCUT2D eigenvalue weighted by Crippen LogP contribution is -2.11. The number of ether oxygens (including phenoxy) is 1. The summed E-state index contributed by atoms with van der Waals surface area (Å²) < 4.78 is 5.73. The quantitative estimate of drug-likeness (QED) is 0.843. The average molecular weight is 270 g/mol. The van der Waals surface area contributed by atoms with Crippen molar-refractivity contribution >= 4 is 5.97 Å². The Morgan fingerprint density at radius 3 is 2.45 bits per heavy atom. The van der Waals surface area contributed by atoms with Crippen molar-refractivity contribution in [1.29, 1.82) is 0 Å². The van der Waals surface area contributed by atoms with Crippen LogP contribution in [0, 0.1) is 0 Å². The van der Waals surface area contributed by atoms with Crippen molar-refractivity contribution in [2.45, 2.75) is 25.7 Å². The molecule has 0 radical (unpaired) electrons. The molecule has 1 N–H and O–H groups in total. The first-order valence-electron chi connectivity index (χ1n) is 6.76. The zero-order valence-corrected chi connectivity index (χ0v) is 11.5. The largest absolute Gasteiger partial charge is 0.481 e. The van der Waals surface area contributed by atoms with Crippen LogP contribution in [0.4, 0.5) is 0 Å².